The van der Waals surface area contributed by atoms with Crippen LogP contribution in [-0.4, -0.2) is 220 Å². The molecule has 4 aliphatic rings. The van der Waals surface area contributed by atoms with Gasteiger partial charge in [-0.2, -0.15) is 0 Å². The van der Waals surface area contributed by atoms with Gasteiger partial charge in [0.2, 0.25) is 50.3 Å². The van der Waals surface area contributed by atoms with Crippen molar-refractivity contribution in [3.63, 3.8) is 0 Å². The molecule has 49 heteroatoms. The number of nitro benzene ring substituents is 2. The summed E-state index contributed by atoms with van der Waals surface area (Å²) in [5, 5.41) is 27.0. The Labute approximate surface area is 859 Å². The van der Waals surface area contributed by atoms with Crippen molar-refractivity contribution >= 4 is 198 Å². The van der Waals surface area contributed by atoms with Crippen LogP contribution in [0.1, 0.15) is 22.3 Å². The molecule has 0 saturated carbocycles. The van der Waals surface area contributed by atoms with E-state index in [0.29, 0.717) is 90.3 Å². The standard InChI is InChI=1S/C26H26N6O4S.C23H22N6O5S.C23H24N6O3S.C16H17N5O.C7H6ClNO4S.C3H3ClO.ClH/c1-2-24(33)29-20-7-3-18(4-8-20)16-37(34,35)31-21-9-5-19(6-10-21)23-15-22-25(30-23)27-17-28-26(22)32-11-13-36-14-12-32;30-29(31)19-7-1-16(2-8-19)14-35(32,33)27-18-5-3-17(4-6-18)21-13-20-22(26-21)24-15-25-23(20)28-9-11-34-12-10-28;24-18-5-1-16(2-6-18)14-33(30,31)28-19-7-3-17(4-8-19)21-13-20-22(27-21)25-15-26-23(20)29-9-11-32-12-10-29;17-12-3-1-11(2-4-12)14-9-13-15(20-14)18-10-19-16(13)21-5-7-22-8-6-21;8-14(12,13)5-6-1-3-7(4-2-6)9(10)11;1-2-3(4)5;/h2-10,15,17,31H,1,11-14,16H2,(H,29,33)(H,27,28,30);1-8,13,15,27H,9-12,14H2,(H,24,25,26);1-8,13,15,28H,9-12,14,24H2,(H,25,26,27);1-4,9-10H,5-8,17H2,(H,18,19,20);1-4H,5H2;2H,1H2;1H. The molecule has 764 valence electrons. The first-order chi connectivity index (χ1) is 70.2. The third-order valence-corrected chi connectivity index (χ3v) is 27.7. The average Bonchev–Trinajstić information content (AvgIpc) is 1.65. The number of non-ortho nitro benzene ring substituents is 2. The minimum Gasteiger partial charge on any atom is -0.399 e. The molecule has 12 N–H and O–H groups in total. The first kappa shape index (κ1) is 107. The number of aromatic nitrogens is 12. The molecule has 0 spiro atoms. The number of amides is 1. The van der Waals surface area contributed by atoms with Gasteiger partial charge in [0.1, 0.15) is 71.2 Å². The van der Waals surface area contributed by atoms with Crippen LogP contribution in [0.25, 0.3) is 89.2 Å². The number of benzene rings is 8. The summed E-state index contributed by atoms with van der Waals surface area (Å²) in [4.78, 5) is 98.3. The Morgan fingerprint density at radius 3 is 0.844 bits per heavy atom. The molecular weight excluding hydrogens is 2040 g/mol. The van der Waals surface area contributed by atoms with E-state index in [4.69, 9.17) is 52.7 Å². The largest absolute Gasteiger partial charge is 0.399 e. The van der Waals surface area contributed by atoms with Crippen molar-refractivity contribution in [3.8, 4) is 45.0 Å². The molecule has 16 aromatic rings. The predicted molar refractivity (Wildman–Crippen MR) is 572 cm³/mol. The van der Waals surface area contributed by atoms with Gasteiger partial charge in [-0.25, -0.2) is 73.5 Å². The number of rotatable bonds is 27. The number of H-pyrrole nitrogens is 4. The highest BCUT2D eigenvalue weighted by Crippen LogP contribution is 2.37. The highest BCUT2D eigenvalue weighted by atomic mass is 35.7. The van der Waals surface area contributed by atoms with Crippen molar-refractivity contribution in [1.82, 2.24) is 59.8 Å². The quantitative estimate of drug-likeness (QED) is 0.00751. The number of halogens is 3. The van der Waals surface area contributed by atoms with Crippen molar-refractivity contribution in [2.24, 2.45) is 0 Å². The average molecular weight is 2140 g/mol. The van der Waals surface area contributed by atoms with Crippen molar-refractivity contribution in [2.45, 2.75) is 23.0 Å². The normalized spacial score (nSPS) is 13.7. The predicted octanol–water partition coefficient (Wildman–Crippen LogP) is 14.9. The molecular formula is C98H99Cl3N24O18S4. The molecule has 0 aliphatic carbocycles. The van der Waals surface area contributed by atoms with E-state index < -0.39 is 54.2 Å². The van der Waals surface area contributed by atoms with Crippen LogP contribution >= 0.6 is 34.7 Å². The van der Waals surface area contributed by atoms with Crippen LogP contribution in [0, 0.1) is 20.2 Å². The van der Waals surface area contributed by atoms with Gasteiger partial charge in [0, 0.05) is 144 Å². The molecule has 4 aliphatic heterocycles. The zero-order valence-corrected chi connectivity index (χ0v) is 84.0. The van der Waals surface area contributed by atoms with Crippen molar-refractivity contribution in [1.29, 1.82) is 0 Å². The molecule has 12 heterocycles. The summed E-state index contributed by atoms with van der Waals surface area (Å²) in [6.45, 7) is 18.3. The van der Waals surface area contributed by atoms with Gasteiger partial charge < -0.3 is 75.3 Å². The van der Waals surface area contributed by atoms with Crippen LogP contribution in [0.5, 0.6) is 0 Å². The molecule has 8 aromatic heterocycles. The van der Waals surface area contributed by atoms with E-state index in [1.54, 1.807) is 104 Å². The molecule has 42 nitrogen and oxygen atoms in total. The highest BCUT2D eigenvalue weighted by molar-refractivity contribution is 8.13. The SMILES string of the molecule is C=CC(=O)Cl.C=CC(=O)Nc1ccc(CS(=O)(=O)Nc2ccc(-c3cc4c(N5CCOCC5)ncnc4[nH]3)cc2)cc1.Cl.Nc1ccc(-c2cc3c(N4CCOCC4)ncnc3[nH]2)cc1.Nc1ccc(CS(=O)(=O)Nc2ccc(-c3cc4c(N5CCOCC5)ncnc4[nH]3)cc2)cc1.O=[N+]([O-])c1ccc(CS(=O)(=O)Cl)cc1.O=[N+]([O-])c1ccc(CS(=O)(=O)Nc2ccc(-c3cc4c(N5CCOCC5)ncnc4[nH]3)cc2)cc1. The van der Waals surface area contributed by atoms with E-state index in [9.17, 15) is 63.5 Å². The molecule has 4 saturated heterocycles. The van der Waals surface area contributed by atoms with Crippen molar-refractivity contribution in [3.05, 3.63) is 311 Å². The molecule has 1 amide bonds. The number of ether oxygens (including phenoxy) is 4. The number of fused-ring (bicyclic) bond motifs is 4. The van der Waals surface area contributed by atoms with Crippen LogP contribution in [0.2, 0.25) is 0 Å². The van der Waals surface area contributed by atoms with Crippen LogP contribution in [0.3, 0.4) is 0 Å². The van der Waals surface area contributed by atoms with Crippen LogP contribution in [0.15, 0.2) is 269 Å². The smallest absolute Gasteiger partial charge is 0.269 e. The Morgan fingerprint density at radius 2 is 0.599 bits per heavy atom. The molecule has 0 unspecified atom stereocenters. The summed E-state index contributed by atoms with van der Waals surface area (Å²) in [6, 6.07) is 61.4. The number of aromatic amines is 4. The summed E-state index contributed by atoms with van der Waals surface area (Å²) >= 11 is 4.71. The van der Waals surface area contributed by atoms with Crippen molar-refractivity contribution < 1.29 is 72.1 Å². The van der Waals surface area contributed by atoms with Gasteiger partial charge in [-0.3, -0.25) is 44.0 Å². The Hall–Kier alpha value is -15.6. The number of hydrogen-bond acceptors (Lipinski definition) is 32. The molecule has 8 aromatic carbocycles. The first-order valence-corrected chi connectivity index (χ1v) is 52.9. The lowest BCUT2D eigenvalue weighted by molar-refractivity contribution is -0.385. The summed E-state index contributed by atoms with van der Waals surface area (Å²) in [5.41, 5.74) is 27.1. The maximum absolute atomic E-state index is 12.7. The topological polar surface area (TPSA) is 573 Å². The van der Waals surface area contributed by atoms with Gasteiger partial charge in [0.15, 0.2) is 0 Å². The first-order valence-electron chi connectivity index (χ1n) is 45.1. The van der Waals surface area contributed by atoms with Gasteiger partial charge in [-0.05, 0) is 165 Å². The van der Waals surface area contributed by atoms with Crippen molar-refractivity contribution in [2.75, 3.05) is 156 Å². The molecule has 4 fully saturated rings. The van der Waals surface area contributed by atoms with Crippen LogP contribution in [-0.2, 0) is 90.7 Å². The van der Waals surface area contributed by atoms with E-state index in [-0.39, 0.29) is 52.7 Å². The number of carbonyl (C=O) groups is 2. The van der Waals surface area contributed by atoms with E-state index in [1.807, 2.05) is 78.9 Å². The number of sulfonamides is 3. The van der Waals surface area contributed by atoms with E-state index in [1.165, 1.54) is 60.9 Å². The van der Waals surface area contributed by atoms with Gasteiger partial charge in [-0.1, -0.05) is 110 Å². The fourth-order valence-corrected chi connectivity index (χ4v) is 20.2. The van der Waals surface area contributed by atoms with E-state index in [0.717, 1.165) is 190 Å². The summed E-state index contributed by atoms with van der Waals surface area (Å²) < 4.78 is 126. The number of nitrogens with zero attached hydrogens (tertiary/aromatic N) is 14. The summed E-state index contributed by atoms with van der Waals surface area (Å²) in [6.07, 6.45) is 8.47. The number of allylic oxidation sites excluding steroid dienone is 1. The number of nitro groups is 2. The number of nitrogen functional groups attached to an aromatic ring is 2. The number of morpholine rings is 4. The fraction of sp³-hybridized carbons (Fsp3) is 0.204. The number of nitrogens with two attached hydrogens (primary N) is 2. The molecule has 147 heavy (non-hydrogen) atoms. The summed E-state index contributed by atoms with van der Waals surface area (Å²) in [5.74, 6) is 2.31. The molecule has 0 radical (unpaired) electrons. The molecule has 0 atom stereocenters. The Kier molecular flexibility index (Phi) is 35.9. The lowest BCUT2D eigenvalue weighted by Gasteiger charge is -2.27. The number of carbonyl (C=O) groups excluding carboxylic acids is 2. The van der Waals surface area contributed by atoms with Gasteiger partial charge in [0.25, 0.3) is 11.4 Å². The van der Waals surface area contributed by atoms with E-state index >= 15 is 0 Å². The third kappa shape index (κ3) is 30.1. The zero-order chi connectivity index (χ0) is 103. The number of anilines is 10. The highest BCUT2D eigenvalue weighted by Gasteiger charge is 2.26. The zero-order valence-electron chi connectivity index (χ0n) is 78.4. The molecule has 20 rings (SSSR count). The van der Waals surface area contributed by atoms with Gasteiger partial charge in [-0.15, -0.1) is 12.4 Å². The second-order valence-electron chi connectivity index (χ2n) is 33.1. The minimum atomic E-state index is -3.70. The van der Waals surface area contributed by atoms with Crippen LogP contribution in [0.4, 0.5) is 68.8 Å². The lowest BCUT2D eigenvalue weighted by Crippen LogP contribution is -2.36. The number of nitrogens with one attached hydrogen (secondary N) is 8. The second kappa shape index (κ2) is 49.3. The lowest BCUT2D eigenvalue weighted by atomic mass is 10.1. The van der Waals surface area contributed by atoms with E-state index in [2.05, 4.69) is 118 Å². The second-order valence-corrected chi connectivity index (χ2v) is 41.4. The van der Waals surface area contributed by atoms with Crippen LogP contribution < -0.4 is 50.6 Å². The maximum Gasteiger partial charge on any atom is 0.269 e. The Bertz CT molecular complexity index is 7810. The monoisotopic (exact) mass is 2130 g/mol. The van der Waals surface area contributed by atoms with Gasteiger partial charge >= 0.3 is 0 Å². The minimum absolute atomic E-state index is 0. The Morgan fingerprint density at radius 1 is 0.367 bits per heavy atom. The summed E-state index contributed by atoms with van der Waals surface area (Å²) in [7, 11) is -9.49. The maximum atomic E-state index is 12.7. The number of hydrogen-bond donors (Lipinski definition) is 10. The van der Waals surface area contributed by atoms with Gasteiger partial charge in [0.05, 0.1) is 107 Å². The third-order valence-electron chi connectivity index (χ3n) is 22.7. The fourth-order valence-electron chi connectivity index (χ4n) is 15.7. The Balaban J connectivity index is 0.000000147. The molecule has 0 bridgehead atoms.